The maximum Gasteiger partial charge on any atom is 0.573 e. The first-order valence-corrected chi connectivity index (χ1v) is 15.6. The van der Waals surface area contributed by atoms with Gasteiger partial charge < -0.3 is 19.8 Å². The van der Waals surface area contributed by atoms with Gasteiger partial charge >= 0.3 is 6.36 Å². The fourth-order valence-corrected chi connectivity index (χ4v) is 5.16. The molecule has 1 heterocycles. The molecule has 5 rings (SSSR count). The third-order valence-electron chi connectivity index (χ3n) is 7.07. The number of carbonyl (C=O) groups is 2. The number of alkyl halides is 3. The Hall–Kier alpha value is -5.21. The smallest absolute Gasteiger partial charge is 0.456 e. The molecule has 3 N–H and O–H groups in total. The number of para-hydroxylation sites is 1. The third kappa shape index (κ3) is 8.95. The predicted octanol–water partition coefficient (Wildman–Crippen LogP) is 6.72. The zero-order valence-corrected chi connectivity index (χ0v) is 25.1. The Morgan fingerprint density at radius 1 is 0.915 bits per heavy atom. The van der Waals surface area contributed by atoms with Crippen LogP contribution in [-0.2, 0) is 21.3 Å². The van der Waals surface area contributed by atoms with Gasteiger partial charge in [0.2, 0.25) is 5.91 Å². The normalized spacial score (nSPS) is 12.4. The van der Waals surface area contributed by atoms with Crippen molar-refractivity contribution in [3.63, 3.8) is 0 Å². The summed E-state index contributed by atoms with van der Waals surface area (Å²) in [5.41, 5.74) is 1.97. The van der Waals surface area contributed by atoms with E-state index in [2.05, 4.69) is 15.4 Å². The number of furan rings is 1. The lowest BCUT2D eigenvalue weighted by Gasteiger charge is -2.19. The number of ether oxygens (including phenoxy) is 1. The van der Waals surface area contributed by atoms with Gasteiger partial charge in [-0.1, -0.05) is 42.5 Å². The van der Waals surface area contributed by atoms with Crippen LogP contribution in [0.3, 0.4) is 0 Å². The first-order valence-electron chi connectivity index (χ1n) is 14.0. The van der Waals surface area contributed by atoms with E-state index >= 15 is 4.39 Å². The van der Waals surface area contributed by atoms with Gasteiger partial charge in [0.15, 0.2) is 0 Å². The van der Waals surface area contributed by atoms with Gasteiger partial charge in [-0.05, 0) is 72.1 Å². The summed E-state index contributed by atoms with van der Waals surface area (Å²) in [4.78, 5) is 25.9. The quantitative estimate of drug-likeness (QED) is 0.105. The van der Waals surface area contributed by atoms with Crippen LogP contribution in [0.2, 0.25) is 0 Å². The minimum atomic E-state index is -4.91. The number of carbonyl (C=O) groups excluding carboxylic acids is 2. The molecule has 0 saturated heterocycles. The third-order valence-corrected chi connectivity index (χ3v) is 7.79. The summed E-state index contributed by atoms with van der Waals surface area (Å²) in [6.07, 6.45) is -4.90. The highest BCUT2D eigenvalue weighted by atomic mass is 32.2. The highest BCUT2D eigenvalue weighted by Crippen LogP contribution is 2.32. The highest BCUT2D eigenvalue weighted by molar-refractivity contribution is 7.85. The van der Waals surface area contributed by atoms with Crippen LogP contribution in [0, 0.1) is 5.82 Å². The first-order chi connectivity index (χ1) is 22.2. The fourth-order valence-electron chi connectivity index (χ4n) is 4.80. The van der Waals surface area contributed by atoms with Gasteiger partial charge in [-0.3, -0.25) is 14.1 Å². The molecule has 47 heavy (non-hydrogen) atoms. The standard InChI is InChI=1S/C33H26F4N2O7S/c34-27-18-24(30-19-23-3-1-2-4-29(23)45-30)11-14-28(27)39-32(41)26(21-9-12-25(13-10-21)46-33(35,36)37)17-20-5-7-22(8-6-20)31(40)38-15-16-47(42,43)44/h1-14,18-19,26H,15-17H2,(H,38,40)(H,39,41)(H,42,43,44). The maximum atomic E-state index is 15.3. The molecule has 0 aliphatic carbocycles. The zero-order chi connectivity index (χ0) is 33.8. The van der Waals surface area contributed by atoms with Gasteiger partial charge in [0.25, 0.3) is 16.0 Å². The molecule has 14 heteroatoms. The van der Waals surface area contributed by atoms with E-state index in [0.29, 0.717) is 28.0 Å². The van der Waals surface area contributed by atoms with Gasteiger partial charge in [-0.25, -0.2) is 4.39 Å². The van der Waals surface area contributed by atoms with Crippen molar-refractivity contribution < 1.29 is 49.3 Å². The van der Waals surface area contributed by atoms with Gasteiger partial charge in [-0.2, -0.15) is 8.42 Å². The topological polar surface area (TPSA) is 135 Å². The van der Waals surface area contributed by atoms with Crippen molar-refractivity contribution in [1.82, 2.24) is 5.32 Å². The van der Waals surface area contributed by atoms with Crippen LogP contribution in [-0.4, -0.2) is 43.4 Å². The van der Waals surface area contributed by atoms with Crippen LogP contribution in [0.5, 0.6) is 5.75 Å². The summed E-state index contributed by atoms with van der Waals surface area (Å²) in [5.74, 6) is -3.74. The summed E-state index contributed by atoms with van der Waals surface area (Å²) in [6.45, 7) is -0.314. The molecule has 1 aromatic heterocycles. The van der Waals surface area contributed by atoms with Crippen molar-refractivity contribution in [3.8, 4) is 17.1 Å². The van der Waals surface area contributed by atoms with Crippen LogP contribution in [0.15, 0.2) is 101 Å². The zero-order valence-electron chi connectivity index (χ0n) is 24.3. The van der Waals surface area contributed by atoms with Crippen molar-refractivity contribution in [2.75, 3.05) is 17.6 Å². The van der Waals surface area contributed by atoms with Crippen LogP contribution in [0.4, 0.5) is 23.2 Å². The number of benzene rings is 4. The molecule has 4 aromatic carbocycles. The Bertz CT molecular complexity index is 1980. The van der Waals surface area contributed by atoms with Gasteiger partial charge in [-0.15, -0.1) is 13.2 Å². The Morgan fingerprint density at radius 2 is 1.62 bits per heavy atom. The van der Waals surface area contributed by atoms with E-state index in [1.807, 2.05) is 18.2 Å². The number of hydrogen-bond donors (Lipinski definition) is 3. The monoisotopic (exact) mass is 670 g/mol. The number of anilines is 1. The van der Waals surface area contributed by atoms with E-state index in [4.69, 9.17) is 8.97 Å². The van der Waals surface area contributed by atoms with Crippen LogP contribution >= 0.6 is 0 Å². The number of rotatable bonds is 11. The number of halogens is 4. The number of fused-ring (bicyclic) bond motifs is 1. The van der Waals surface area contributed by atoms with E-state index in [1.165, 1.54) is 36.4 Å². The molecule has 5 aromatic rings. The summed E-state index contributed by atoms with van der Waals surface area (Å²) in [5, 5.41) is 5.76. The van der Waals surface area contributed by atoms with E-state index < -0.39 is 51.5 Å². The second-order valence-corrected chi connectivity index (χ2v) is 12.0. The van der Waals surface area contributed by atoms with Crippen molar-refractivity contribution in [1.29, 1.82) is 0 Å². The second kappa shape index (κ2) is 13.6. The SMILES string of the molecule is O=C(NCCS(=O)(=O)O)c1ccc(CC(C(=O)Nc2ccc(-c3cc4ccccc4o3)cc2F)c2ccc(OC(F)(F)F)cc2)cc1. The summed E-state index contributed by atoms with van der Waals surface area (Å²) < 4.78 is 93.7. The largest absolute Gasteiger partial charge is 0.573 e. The molecular formula is C33H26F4N2O7S. The number of nitrogens with one attached hydrogen (secondary N) is 2. The van der Waals surface area contributed by atoms with Crippen LogP contribution < -0.4 is 15.4 Å². The predicted molar refractivity (Wildman–Crippen MR) is 165 cm³/mol. The first kappa shape index (κ1) is 33.2. The summed E-state index contributed by atoms with van der Waals surface area (Å²) in [6, 6.07) is 23.9. The lowest BCUT2D eigenvalue weighted by molar-refractivity contribution is -0.274. The van der Waals surface area contributed by atoms with Crippen LogP contribution in [0.1, 0.15) is 27.4 Å². The molecule has 0 fully saturated rings. The fraction of sp³-hybridized carbons (Fsp3) is 0.152. The molecule has 0 radical (unpaired) electrons. The lowest BCUT2D eigenvalue weighted by Crippen LogP contribution is -2.28. The Kier molecular flexibility index (Phi) is 9.63. The molecule has 0 bridgehead atoms. The van der Waals surface area contributed by atoms with E-state index in [9.17, 15) is 31.2 Å². The minimum Gasteiger partial charge on any atom is -0.456 e. The van der Waals surface area contributed by atoms with E-state index in [-0.39, 0.29) is 24.2 Å². The van der Waals surface area contributed by atoms with Crippen molar-refractivity contribution in [2.45, 2.75) is 18.7 Å². The molecule has 1 unspecified atom stereocenters. The average Bonchev–Trinajstić information content (AvgIpc) is 3.45. The molecule has 2 amide bonds. The van der Waals surface area contributed by atoms with Crippen molar-refractivity contribution in [3.05, 3.63) is 120 Å². The highest BCUT2D eigenvalue weighted by Gasteiger charge is 2.31. The number of amides is 2. The summed E-state index contributed by atoms with van der Waals surface area (Å²) >= 11 is 0. The molecule has 0 aliphatic rings. The summed E-state index contributed by atoms with van der Waals surface area (Å²) in [7, 11) is -4.26. The van der Waals surface area contributed by atoms with Gasteiger partial charge in [0.05, 0.1) is 17.4 Å². The Labute approximate surface area is 265 Å². The molecule has 244 valence electrons. The van der Waals surface area contributed by atoms with E-state index in [0.717, 1.165) is 17.5 Å². The Balaban J connectivity index is 1.35. The van der Waals surface area contributed by atoms with Crippen molar-refractivity contribution >= 4 is 38.6 Å². The van der Waals surface area contributed by atoms with Gasteiger partial charge in [0.1, 0.15) is 22.9 Å². The minimum absolute atomic E-state index is 0.00858. The molecular weight excluding hydrogens is 644 g/mol. The van der Waals surface area contributed by atoms with E-state index in [1.54, 1.807) is 30.3 Å². The molecule has 0 aliphatic heterocycles. The number of hydrogen-bond acceptors (Lipinski definition) is 6. The molecule has 0 saturated carbocycles. The molecule has 1 atom stereocenters. The van der Waals surface area contributed by atoms with Crippen LogP contribution in [0.25, 0.3) is 22.3 Å². The maximum absolute atomic E-state index is 15.3. The lowest BCUT2D eigenvalue weighted by atomic mass is 9.90. The van der Waals surface area contributed by atoms with Gasteiger partial charge in [0, 0.05) is 23.1 Å². The molecule has 9 nitrogen and oxygen atoms in total. The van der Waals surface area contributed by atoms with Crippen molar-refractivity contribution in [2.24, 2.45) is 0 Å². The second-order valence-electron chi connectivity index (χ2n) is 10.4. The molecule has 0 spiro atoms. The Morgan fingerprint density at radius 3 is 2.26 bits per heavy atom. The average molecular weight is 671 g/mol.